The zero-order chi connectivity index (χ0) is 14.4. The number of carbonyl (C=O) groups is 1. The molecular formula is C16H24N2O2. The Labute approximate surface area is 120 Å². The first-order valence-electron chi connectivity index (χ1n) is 7.39. The second kappa shape index (κ2) is 7.17. The highest BCUT2D eigenvalue weighted by Crippen LogP contribution is 2.27. The summed E-state index contributed by atoms with van der Waals surface area (Å²) < 4.78 is 5.42. The number of anilines is 1. The summed E-state index contributed by atoms with van der Waals surface area (Å²) in [6, 6.07) is 7.21. The molecule has 0 aliphatic heterocycles. The van der Waals surface area contributed by atoms with Gasteiger partial charge in [0.15, 0.2) is 6.61 Å². The number of nitrogens with one attached hydrogen (secondary N) is 1. The average Bonchev–Trinajstić information content (AvgIpc) is 2.44. The second-order valence-corrected chi connectivity index (χ2v) is 5.77. The van der Waals surface area contributed by atoms with E-state index in [1.165, 1.54) is 25.7 Å². The molecule has 1 fully saturated rings. The van der Waals surface area contributed by atoms with Gasteiger partial charge in [-0.3, -0.25) is 4.79 Å². The van der Waals surface area contributed by atoms with Crippen LogP contribution in [0.2, 0.25) is 0 Å². The van der Waals surface area contributed by atoms with Crippen molar-refractivity contribution in [3.8, 4) is 5.75 Å². The highest BCUT2D eigenvalue weighted by Gasteiger charge is 2.19. The fraction of sp³-hybridized carbons (Fsp3) is 0.562. The van der Waals surface area contributed by atoms with Crippen molar-refractivity contribution in [2.75, 3.05) is 18.9 Å². The van der Waals surface area contributed by atoms with Crippen molar-refractivity contribution in [2.45, 2.75) is 32.6 Å². The lowest BCUT2D eigenvalue weighted by Gasteiger charge is -2.26. The van der Waals surface area contributed by atoms with Crippen LogP contribution in [0.5, 0.6) is 5.75 Å². The molecule has 1 aliphatic rings. The molecule has 2 rings (SSSR count). The van der Waals surface area contributed by atoms with Gasteiger partial charge in [-0.2, -0.15) is 0 Å². The summed E-state index contributed by atoms with van der Waals surface area (Å²) in [6.45, 7) is 3.07. The van der Waals surface area contributed by atoms with Crippen molar-refractivity contribution in [1.82, 2.24) is 5.32 Å². The Morgan fingerprint density at radius 2 is 2.20 bits per heavy atom. The molecule has 2 unspecified atom stereocenters. The van der Waals surface area contributed by atoms with E-state index in [0.717, 1.165) is 12.5 Å². The van der Waals surface area contributed by atoms with E-state index >= 15 is 0 Å². The first kappa shape index (κ1) is 14.7. The maximum absolute atomic E-state index is 11.8. The maximum Gasteiger partial charge on any atom is 0.257 e. The van der Waals surface area contributed by atoms with Crippen molar-refractivity contribution < 1.29 is 9.53 Å². The van der Waals surface area contributed by atoms with E-state index in [2.05, 4.69) is 12.2 Å². The van der Waals surface area contributed by atoms with Crippen LogP contribution in [0.4, 0.5) is 5.69 Å². The lowest BCUT2D eigenvalue weighted by atomic mass is 9.82. The van der Waals surface area contributed by atoms with Gasteiger partial charge in [-0.1, -0.05) is 31.9 Å². The molecule has 4 nitrogen and oxygen atoms in total. The molecule has 1 amide bonds. The average molecular weight is 276 g/mol. The summed E-state index contributed by atoms with van der Waals surface area (Å²) in [5, 5.41) is 2.96. The van der Waals surface area contributed by atoms with Gasteiger partial charge in [-0.25, -0.2) is 0 Å². The van der Waals surface area contributed by atoms with E-state index in [4.69, 9.17) is 10.5 Å². The summed E-state index contributed by atoms with van der Waals surface area (Å²) in [6.07, 6.45) is 5.03. The van der Waals surface area contributed by atoms with Gasteiger partial charge in [0.25, 0.3) is 5.91 Å². The predicted octanol–water partition coefficient (Wildman–Crippen LogP) is 2.59. The third-order valence-corrected chi connectivity index (χ3v) is 3.91. The Hall–Kier alpha value is -1.71. The predicted molar refractivity (Wildman–Crippen MR) is 80.5 cm³/mol. The minimum Gasteiger partial charge on any atom is -0.482 e. The highest BCUT2D eigenvalue weighted by atomic mass is 16.5. The molecule has 20 heavy (non-hydrogen) atoms. The summed E-state index contributed by atoms with van der Waals surface area (Å²) in [4.78, 5) is 11.8. The fourth-order valence-corrected chi connectivity index (χ4v) is 2.81. The number of nitrogen functional groups attached to an aromatic ring is 1. The lowest BCUT2D eigenvalue weighted by Crippen LogP contribution is -2.34. The smallest absolute Gasteiger partial charge is 0.257 e. The Kier molecular flexibility index (Phi) is 5.27. The van der Waals surface area contributed by atoms with E-state index in [0.29, 0.717) is 17.4 Å². The van der Waals surface area contributed by atoms with Crippen molar-refractivity contribution in [2.24, 2.45) is 11.8 Å². The molecule has 0 heterocycles. The third kappa shape index (κ3) is 4.44. The first-order valence-corrected chi connectivity index (χ1v) is 7.39. The van der Waals surface area contributed by atoms with Gasteiger partial charge < -0.3 is 15.8 Å². The molecule has 110 valence electrons. The standard InChI is InChI=1S/C16H24N2O2/c1-12-5-4-6-13(9-12)10-18-16(19)11-20-15-8-3-2-7-14(15)17/h2-3,7-8,12-13H,4-6,9-11,17H2,1H3,(H,18,19). The number of nitrogens with two attached hydrogens (primary N) is 1. The SMILES string of the molecule is CC1CCCC(CNC(=O)COc2ccccc2N)C1. The molecule has 1 aromatic carbocycles. The van der Waals surface area contributed by atoms with E-state index in [-0.39, 0.29) is 12.5 Å². The zero-order valence-corrected chi connectivity index (χ0v) is 12.1. The Morgan fingerprint density at radius 1 is 1.40 bits per heavy atom. The van der Waals surface area contributed by atoms with Crippen molar-refractivity contribution in [3.05, 3.63) is 24.3 Å². The van der Waals surface area contributed by atoms with Gasteiger partial charge in [-0.15, -0.1) is 0 Å². The normalized spacial score (nSPS) is 22.2. The van der Waals surface area contributed by atoms with Gasteiger partial charge in [0.1, 0.15) is 5.75 Å². The van der Waals surface area contributed by atoms with Crippen molar-refractivity contribution >= 4 is 11.6 Å². The minimum atomic E-state index is -0.0773. The van der Waals surface area contributed by atoms with E-state index in [1.54, 1.807) is 12.1 Å². The molecule has 1 aliphatic carbocycles. The summed E-state index contributed by atoms with van der Waals surface area (Å²) >= 11 is 0. The van der Waals surface area contributed by atoms with E-state index in [1.807, 2.05) is 12.1 Å². The van der Waals surface area contributed by atoms with Crippen LogP contribution in [0.1, 0.15) is 32.6 Å². The van der Waals surface area contributed by atoms with Crippen LogP contribution in [-0.2, 0) is 4.79 Å². The zero-order valence-electron chi connectivity index (χ0n) is 12.1. The molecule has 0 aromatic heterocycles. The molecule has 2 atom stereocenters. The minimum absolute atomic E-state index is 0.0243. The molecule has 0 saturated heterocycles. The number of para-hydroxylation sites is 2. The highest BCUT2D eigenvalue weighted by molar-refractivity contribution is 5.77. The monoisotopic (exact) mass is 276 g/mol. The van der Waals surface area contributed by atoms with Gasteiger partial charge in [0.2, 0.25) is 0 Å². The molecule has 1 saturated carbocycles. The Morgan fingerprint density at radius 3 is 2.95 bits per heavy atom. The van der Waals surface area contributed by atoms with Gasteiger partial charge in [-0.05, 0) is 36.8 Å². The van der Waals surface area contributed by atoms with Crippen LogP contribution in [-0.4, -0.2) is 19.1 Å². The van der Waals surface area contributed by atoms with Crippen LogP contribution in [0.3, 0.4) is 0 Å². The largest absolute Gasteiger partial charge is 0.482 e. The topological polar surface area (TPSA) is 64.3 Å². The summed E-state index contributed by atoms with van der Waals surface area (Å²) in [5.74, 6) is 1.89. The van der Waals surface area contributed by atoms with Crippen LogP contribution in [0.25, 0.3) is 0 Å². The van der Waals surface area contributed by atoms with E-state index in [9.17, 15) is 4.79 Å². The number of hydrogen-bond acceptors (Lipinski definition) is 3. The van der Waals surface area contributed by atoms with Crippen molar-refractivity contribution in [3.63, 3.8) is 0 Å². The summed E-state index contributed by atoms with van der Waals surface area (Å²) in [5.41, 5.74) is 6.31. The quantitative estimate of drug-likeness (QED) is 0.812. The third-order valence-electron chi connectivity index (χ3n) is 3.91. The van der Waals surface area contributed by atoms with Gasteiger partial charge in [0, 0.05) is 6.54 Å². The number of carbonyl (C=O) groups excluding carboxylic acids is 1. The maximum atomic E-state index is 11.8. The second-order valence-electron chi connectivity index (χ2n) is 5.77. The van der Waals surface area contributed by atoms with E-state index < -0.39 is 0 Å². The molecule has 4 heteroatoms. The Balaban J connectivity index is 1.69. The van der Waals surface area contributed by atoms with Crippen molar-refractivity contribution in [1.29, 1.82) is 0 Å². The fourth-order valence-electron chi connectivity index (χ4n) is 2.81. The van der Waals surface area contributed by atoms with Gasteiger partial charge >= 0.3 is 0 Å². The molecular weight excluding hydrogens is 252 g/mol. The van der Waals surface area contributed by atoms with Crippen LogP contribution in [0.15, 0.2) is 24.3 Å². The van der Waals surface area contributed by atoms with Crippen LogP contribution >= 0.6 is 0 Å². The van der Waals surface area contributed by atoms with Crippen LogP contribution < -0.4 is 15.8 Å². The summed E-state index contributed by atoms with van der Waals surface area (Å²) in [7, 11) is 0. The molecule has 0 bridgehead atoms. The van der Waals surface area contributed by atoms with Crippen LogP contribution in [0, 0.1) is 11.8 Å². The number of amides is 1. The lowest BCUT2D eigenvalue weighted by molar-refractivity contribution is -0.123. The number of rotatable bonds is 5. The molecule has 1 aromatic rings. The Bertz CT molecular complexity index is 448. The van der Waals surface area contributed by atoms with Gasteiger partial charge in [0.05, 0.1) is 5.69 Å². The number of benzene rings is 1. The first-order chi connectivity index (χ1) is 9.65. The molecule has 0 spiro atoms. The molecule has 3 N–H and O–H groups in total. The number of hydrogen-bond donors (Lipinski definition) is 2. The number of ether oxygens (including phenoxy) is 1. The molecule has 0 radical (unpaired) electrons.